The van der Waals surface area contributed by atoms with E-state index in [9.17, 15) is 0 Å². The molecule has 0 spiro atoms. The normalized spacial score (nSPS) is 10.7. The van der Waals surface area contributed by atoms with Crippen molar-refractivity contribution in [1.82, 2.24) is 9.97 Å². The molecule has 1 aromatic rings. The van der Waals surface area contributed by atoms with Gasteiger partial charge in [0.1, 0.15) is 11.6 Å². The summed E-state index contributed by atoms with van der Waals surface area (Å²) in [6, 6.07) is 0. The first kappa shape index (κ1) is 14.7. The van der Waals surface area contributed by atoms with Gasteiger partial charge in [0.25, 0.3) is 0 Å². The van der Waals surface area contributed by atoms with Gasteiger partial charge in [-0.2, -0.15) is 0 Å². The quantitative estimate of drug-likeness (QED) is 0.661. The summed E-state index contributed by atoms with van der Waals surface area (Å²) in [4.78, 5) is 8.52. The number of unbranched alkanes of at least 4 members (excludes halogenated alkanes) is 1. The Morgan fingerprint density at radius 3 is 2.56 bits per heavy atom. The van der Waals surface area contributed by atoms with Gasteiger partial charge < -0.3 is 15.4 Å². The second-order valence-corrected chi connectivity index (χ2v) is 4.37. The van der Waals surface area contributed by atoms with E-state index in [0.717, 1.165) is 44.2 Å². The van der Waals surface area contributed by atoms with Gasteiger partial charge in [-0.15, -0.1) is 0 Å². The van der Waals surface area contributed by atoms with Gasteiger partial charge in [0, 0.05) is 19.7 Å². The van der Waals surface area contributed by atoms with Crippen molar-refractivity contribution in [2.75, 3.05) is 30.3 Å². The first-order valence-electron chi connectivity index (χ1n) is 6.63. The average molecular weight is 252 g/mol. The molecule has 18 heavy (non-hydrogen) atoms. The molecule has 0 fully saturated rings. The zero-order chi connectivity index (χ0) is 13.2. The highest BCUT2D eigenvalue weighted by Crippen LogP contribution is 2.06. The van der Waals surface area contributed by atoms with Gasteiger partial charge in [-0.3, -0.25) is 4.98 Å². The van der Waals surface area contributed by atoms with Crippen LogP contribution in [0.25, 0.3) is 0 Å². The molecule has 0 unspecified atom stereocenters. The molecule has 0 aliphatic heterocycles. The molecule has 0 atom stereocenters. The van der Waals surface area contributed by atoms with Crippen molar-refractivity contribution in [3.63, 3.8) is 0 Å². The first-order valence-corrected chi connectivity index (χ1v) is 6.63. The van der Waals surface area contributed by atoms with E-state index in [1.165, 1.54) is 0 Å². The number of rotatable bonds is 9. The third-order valence-electron chi connectivity index (χ3n) is 2.32. The molecule has 0 amide bonds. The van der Waals surface area contributed by atoms with Crippen molar-refractivity contribution >= 4 is 11.6 Å². The van der Waals surface area contributed by atoms with Crippen LogP contribution < -0.4 is 10.6 Å². The summed E-state index contributed by atoms with van der Waals surface area (Å²) in [5, 5.41) is 6.40. The lowest BCUT2D eigenvalue weighted by Crippen LogP contribution is -2.08. The lowest BCUT2D eigenvalue weighted by molar-refractivity contribution is 0.0765. The Hall–Kier alpha value is -1.36. The Bertz CT molecular complexity index is 331. The standard InChI is InChI=1S/C13H24N4O/c1-4-15-12-9-14-10-13(17-12)16-7-5-6-8-18-11(2)3/h9-11H,4-8H2,1-3H3,(H2,15,16,17). The molecule has 5 nitrogen and oxygen atoms in total. The number of nitrogens with zero attached hydrogens (tertiary/aromatic N) is 2. The summed E-state index contributed by atoms with van der Waals surface area (Å²) in [7, 11) is 0. The molecule has 0 saturated carbocycles. The molecular formula is C13H24N4O. The van der Waals surface area contributed by atoms with E-state index in [2.05, 4.69) is 34.4 Å². The molecule has 0 aliphatic carbocycles. The molecule has 5 heteroatoms. The van der Waals surface area contributed by atoms with Gasteiger partial charge >= 0.3 is 0 Å². The Balaban J connectivity index is 2.16. The minimum absolute atomic E-state index is 0.320. The van der Waals surface area contributed by atoms with Crippen molar-refractivity contribution in [1.29, 1.82) is 0 Å². The van der Waals surface area contributed by atoms with Crippen molar-refractivity contribution in [2.45, 2.75) is 39.7 Å². The van der Waals surface area contributed by atoms with Gasteiger partial charge in [-0.25, -0.2) is 4.98 Å². The van der Waals surface area contributed by atoms with Crippen LogP contribution in [0.1, 0.15) is 33.6 Å². The number of anilines is 2. The smallest absolute Gasteiger partial charge is 0.146 e. The minimum Gasteiger partial charge on any atom is -0.379 e. The predicted octanol–water partition coefficient (Wildman–Crippen LogP) is 2.53. The van der Waals surface area contributed by atoms with Crippen LogP contribution in [0.15, 0.2) is 12.4 Å². The van der Waals surface area contributed by atoms with Gasteiger partial charge in [-0.1, -0.05) is 0 Å². The highest BCUT2D eigenvalue weighted by molar-refractivity contribution is 5.41. The number of aromatic nitrogens is 2. The fraction of sp³-hybridized carbons (Fsp3) is 0.692. The lowest BCUT2D eigenvalue weighted by Gasteiger charge is -2.09. The number of ether oxygens (including phenoxy) is 1. The van der Waals surface area contributed by atoms with Crippen molar-refractivity contribution in [2.24, 2.45) is 0 Å². The molecule has 0 radical (unpaired) electrons. The second kappa shape index (κ2) is 8.69. The van der Waals surface area contributed by atoms with Crippen molar-refractivity contribution in [3.8, 4) is 0 Å². The SMILES string of the molecule is CCNc1cncc(NCCCCOC(C)C)n1. The molecule has 0 aromatic carbocycles. The average Bonchev–Trinajstić information content (AvgIpc) is 2.34. The predicted molar refractivity (Wildman–Crippen MR) is 75.0 cm³/mol. The fourth-order valence-corrected chi connectivity index (χ4v) is 1.48. The topological polar surface area (TPSA) is 59.1 Å². The van der Waals surface area contributed by atoms with E-state index in [1.807, 2.05) is 6.92 Å². The van der Waals surface area contributed by atoms with Crippen molar-refractivity contribution < 1.29 is 4.74 Å². The maximum Gasteiger partial charge on any atom is 0.146 e. The highest BCUT2D eigenvalue weighted by Gasteiger charge is 1.97. The fourth-order valence-electron chi connectivity index (χ4n) is 1.48. The maximum atomic E-state index is 5.48. The summed E-state index contributed by atoms with van der Waals surface area (Å²) in [5.74, 6) is 1.63. The summed E-state index contributed by atoms with van der Waals surface area (Å²) < 4.78 is 5.48. The molecular weight excluding hydrogens is 228 g/mol. The Labute approximate surface area is 109 Å². The van der Waals surface area contributed by atoms with Crippen LogP contribution in [0.4, 0.5) is 11.6 Å². The van der Waals surface area contributed by atoms with Crippen LogP contribution in [-0.4, -0.2) is 35.8 Å². The first-order chi connectivity index (χ1) is 8.72. The lowest BCUT2D eigenvalue weighted by atomic mass is 10.3. The number of hydrogen-bond acceptors (Lipinski definition) is 5. The molecule has 1 heterocycles. The third kappa shape index (κ3) is 6.39. The van der Waals surface area contributed by atoms with Crippen LogP contribution in [0.3, 0.4) is 0 Å². The maximum absolute atomic E-state index is 5.48. The van der Waals surface area contributed by atoms with E-state index < -0.39 is 0 Å². The van der Waals surface area contributed by atoms with E-state index in [-0.39, 0.29) is 0 Å². The molecule has 0 bridgehead atoms. The Kier molecular flexibility index (Phi) is 7.10. The van der Waals surface area contributed by atoms with E-state index >= 15 is 0 Å². The molecule has 1 aromatic heterocycles. The zero-order valence-corrected chi connectivity index (χ0v) is 11.6. The van der Waals surface area contributed by atoms with Gasteiger partial charge in [0.2, 0.25) is 0 Å². The molecule has 2 N–H and O–H groups in total. The highest BCUT2D eigenvalue weighted by atomic mass is 16.5. The van der Waals surface area contributed by atoms with E-state index in [1.54, 1.807) is 12.4 Å². The van der Waals surface area contributed by atoms with Crippen LogP contribution in [0.5, 0.6) is 0 Å². The Morgan fingerprint density at radius 1 is 1.17 bits per heavy atom. The van der Waals surface area contributed by atoms with Crippen LogP contribution in [0.2, 0.25) is 0 Å². The molecule has 0 aliphatic rings. The van der Waals surface area contributed by atoms with Gasteiger partial charge in [0.05, 0.1) is 18.5 Å². The largest absolute Gasteiger partial charge is 0.379 e. The minimum atomic E-state index is 0.320. The molecule has 102 valence electrons. The number of hydrogen-bond donors (Lipinski definition) is 2. The van der Waals surface area contributed by atoms with Crippen LogP contribution >= 0.6 is 0 Å². The monoisotopic (exact) mass is 252 g/mol. The zero-order valence-electron chi connectivity index (χ0n) is 11.6. The summed E-state index contributed by atoms with van der Waals surface area (Å²) in [6.07, 6.45) is 5.92. The van der Waals surface area contributed by atoms with Crippen molar-refractivity contribution in [3.05, 3.63) is 12.4 Å². The second-order valence-electron chi connectivity index (χ2n) is 4.37. The summed E-state index contributed by atoms with van der Waals surface area (Å²) in [5.41, 5.74) is 0. The number of nitrogens with one attached hydrogen (secondary N) is 2. The van der Waals surface area contributed by atoms with Crippen LogP contribution in [-0.2, 0) is 4.74 Å². The van der Waals surface area contributed by atoms with Gasteiger partial charge in [-0.05, 0) is 33.6 Å². The van der Waals surface area contributed by atoms with E-state index in [0.29, 0.717) is 6.10 Å². The van der Waals surface area contributed by atoms with Gasteiger partial charge in [0.15, 0.2) is 0 Å². The third-order valence-corrected chi connectivity index (χ3v) is 2.32. The van der Waals surface area contributed by atoms with Crippen LogP contribution in [0, 0.1) is 0 Å². The Morgan fingerprint density at radius 2 is 1.89 bits per heavy atom. The molecule has 0 saturated heterocycles. The van der Waals surface area contributed by atoms with E-state index in [4.69, 9.17) is 4.74 Å². The summed E-state index contributed by atoms with van der Waals surface area (Å²) in [6.45, 7) is 8.72. The molecule has 1 rings (SSSR count). The summed E-state index contributed by atoms with van der Waals surface area (Å²) >= 11 is 0.